The van der Waals surface area contributed by atoms with Crippen LogP contribution in [-0.4, -0.2) is 65.1 Å². The van der Waals surface area contributed by atoms with E-state index in [1.165, 1.54) is 11.1 Å². The van der Waals surface area contributed by atoms with Gasteiger partial charge in [-0.2, -0.15) is 0 Å². The van der Waals surface area contributed by atoms with Crippen molar-refractivity contribution in [3.05, 3.63) is 47.3 Å². The summed E-state index contributed by atoms with van der Waals surface area (Å²) in [5, 5.41) is 10.1. The Balaban J connectivity index is 2.41. The molecule has 1 unspecified atom stereocenters. The predicted octanol–water partition coefficient (Wildman–Crippen LogP) is 14.0. The van der Waals surface area contributed by atoms with Gasteiger partial charge in [0.05, 0.1) is 35.8 Å². The number of nitrogens with zero attached hydrogens (tertiary/aromatic N) is 1. The van der Waals surface area contributed by atoms with Gasteiger partial charge < -0.3 is 18.4 Å². The Morgan fingerprint density at radius 3 is 1.84 bits per heavy atom. The van der Waals surface area contributed by atoms with E-state index in [1.54, 1.807) is 0 Å². The topological polar surface area (TPSA) is 95.0 Å². The average molecular weight is 858 g/mol. The molecule has 1 aliphatic rings. The van der Waals surface area contributed by atoms with Crippen LogP contribution in [0.3, 0.4) is 0 Å². The van der Waals surface area contributed by atoms with Crippen LogP contribution in [0.4, 0.5) is 0 Å². The second-order valence-corrected chi connectivity index (χ2v) is 36.6. The van der Waals surface area contributed by atoms with Crippen molar-refractivity contribution in [1.82, 2.24) is 4.98 Å². The summed E-state index contributed by atoms with van der Waals surface area (Å²) in [5.41, 5.74) is 2.68. The molecule has 10 heteroatoms. The lowest BCUT2D eigenvalue weighted by atomic mass is 9.58. The molecule has 1 heterocycles. The van der Waals surface area contributed by atoms with E-state index in [2.05, 4.69) is 146 Å². The van der Waals surface area contributed by atoms with Gasteiger partial charge in [0.2, 0.25) is 0 Å². The van der Waals surface area contributed by atoms with Crippen molar-refractivity contribution < 1.29 is 28.0 Å². The van der Waals surface area contributed by atoms with Crippen molar-refractivity contribution in [2.75, 3.05) is 0 Å². The minimum Gasteiger partial charge on any atom is -0.481 e. The van der Waals surface area contributed by atoms with E-state index in [-0.39, 0.29) is 51.4 Å². The molecule has 0 radical (unpaired) electrons. The van der Waals surface area contributed by atoms with Gasteiger partial charge >= 0.3 is 5.97 Å². The second kappa shape index (κ2) is 20.4. The van der Waals surface area contributed by atoms with Crippen LogP contribution in [0.5, 0.6) is 0 Å². The maximum absolute atomic E-state index is 15.2. The monoisotopic (exact) mass is 858 g/mol. The van der Waals surface area contributed by atoms with E-state index < -0.39 is 42.4 Å². The molecule has 7 nitrogen and oxygen atoms in total. The fourth-order valence-electron chi connectivity index (χ4n) is 7.30. The molecule has 332 valence electrons. The Labute approximate surface area is 359 Å². The molecule has 58 heavy (non-hydrogen) atoms. The van der Waals surface area contributed by atoms with Crippen LogP contribution in [-0.2, 0) is 22.9 Å². The van der Waals surface area contributed by atoms with E-state index >= 15 is 4.79 Å². The predicted molar refractivity (Wildman–Crippen MR) is 253 cm³/mol. The van der Waals surface area contributed by atoms with Gasteiger partial charge in [-0.05, 0) is 143 Å². The lowest BCUT2D eigenvalue weighted by molar-refractivity contribution is -0.156. The van der Waals surface area contributed by atoms with Crippen molar-refractivity contribution in [3.63, 3.8) is 0 Å². The van der Waals surface area contributed by atoms with Crippen molar-refractivity contribution in [2.45, 2.75) is 221 Å². The number of allylic oxidation sites excluding steroid dienone is 1. The molecule has 1 saturated carbocycles. The summed E-state index contributed by atoms with van der Waals surface area (Å²) in [6, 6.07) is 6.00. The molecule has 2 rings (SSSR count). The van der Waals surface area contributed by atoms with Gasteiger partial charge in [0, 0.05) is 12.1 Å². The number of carboxylic acids is 1. The molecule has 0 saturated heterocycles. The zero-order valence-electron chi connectivity index (χ0n) is 40.7. The first-order chi connectivity index (χ1) is 26.3. The van der Waals surface area contributed by atoms with E-state index in [0.717, 1.165) is 37.8 Å². The van der Waals surface area contributed by atoms with Crippen LogP contribution >= 0.6 is 0 Å². The van der Waals surface area contributed by atoms with E-state index in [0.29, 0.717) is 19.3 Å². The molecular weight excluding hydrogens is 771 g/mol. The second-order valence-electron chi connectivity index (χ2n) is 22.4. The molecule has 0 aliphatic heterocycles. The van der Waals surface area contributed by atoms with Crippen LogP contribution in [0.2, 0.25) is 54.4 Å². The highest BCUT2D eigenvalue weighted by molar-refractivity contribution is 6.75. The van der Waals surface area contributed by atoms with Gasteiger partial charge in [0.15, 0.2) is 25.0 Å². The number of ketones is 1. The summed E-state index contributed by atoms with van der Waals surface area (Å²) < 4.78 is 21.3. The molecule has 5 atom stereocenters. The Kier molecular flexibility index (Phi) is 18.5. The number of hydrogen-bond acceptors (Lipinski definition) is 6. The van der Waals surface area contributed by atoms with Crippen molar-refractivity contribution >= 4 is 42.8 Å². The smallest absolute Gasteiger partial charge is 0.305 e. The highest BCUT2D eigenvalue weighted by atomic mass is 28.4. The summed E-state index contributed by atoms with van der Waals surface area (Å²) in [6.45, 7) is 42.5. The quantitative estimate of drug-likeness (QED) is 0.0916. The molecule has 0 amide bonds. The van der Waals surface area contributed by atoms with E-state index in [4.69, 9.17) is 13.3 Å². The molecule has 0 spiro atoms. The highest BCUT2D eigenvalue weighted by Gasteiger charge is 2.57. The summed E-state index contributed by atoms with van der Waals surface area (Å²) in [7, 11) is -6.70. The zero-order valence-corrected chi connectivity index (χ0v) is 43.7. The van der Waals surface area contributed by atoms with Gasteiger partial charge in [-0.1, -0.05) is 100 Å². The molecule has 1 fully saturated rings. The Hall–Kier alpha value is -1.70. The molecule has 1 N–H and O–H groups in total. The third-order valence-electron chi connectivity index (χ3n) is 14.7. The first kappa shape index (κ1) is 52.4. The van der Waals surface area contributed by atoms with Crippen LogP contribution in [0.15, 0.2) is 41.6 Å². The van der Waals surface area contributed by atoms with E-state index in [1.807, 2.05) is 24.4 Å². The fourth-order valence-corrected chi connectivity index (χ4v) is 11.4. The number of aliphatic carboxylic acids is 1. The summed E-state index contributed by atoms with van der Waals surface area (Å²) in [5.74, 6) is -0.924. The molecule has 1 aliphatic carbocycles. The molecule has 1 aromatic rings. The first-order valence-corrected chi connectivity index (χ1v) is 31.1. The van der Waals surface area contributed by atoms with Crippen LogP contribution in [0.1, 0.15) is 153 Å². The first-order valence-electron chi connectivity index (χ1n) is 22.4. The lowest BCUT2D eigenvalue weighted by Gasteiger charge is -2.52. The molecule has 1 aromatic heterocycles. The van der Waals surface area contributed by atoms with Crippen LogP contribution in [0.25, 0.3) is 6.08 Å². The molecular formula is C48H87NO6Si3. The minimum atomic E-state index is -2.37. The van der Waals surface area contributed by atoms with Gasteiger partial charge in [0.25, 0.3) is 0 Å². The van der Waals surface area contributed by atoms with Gasteiger partial charge in [-0.3, -0.25) is 14.6 Å². The van der Waals surface area contributed by atoms with Gasteiger partial charge in [-0.25, -0.2) is 0 Å². The third kappa shape index (κ3) is 13.9. The number of aromatic nitrogens is 1. The molecule has 0 bridgehead atoms. The van der Waals surface area contributed by atoms with Crippen molar-refractivity contribution in [2.24, 2.45) is 17.3 Å². The number of pyridine rings is 1. The van der Waals surface area contributed by atoms with E-state index in [9.17, 15) is 9.90 Å². The van der Waals surface area contributed by atoms with Crippen LogP contribution in [0, 0.1) is 17.3 Å². The van der Waals surface area contributed by atoms with Crippen LogP contribution < -0.4 is 0 Å². The number of carbonyl (C=O) groups is 2. The highest BCUT2D eigenvalue weighted by Crippen LogP contribution is 2.53. The Bertz CT molecular complexity index is 1540. The number of carboxylic acid groups (broad SMARTS) is 1. The number of rotatable bonds is 22. The van der Waals surface area contributed by atoms with Crippen molar-refractivity contribution in [1.29, 1.82) is 0 Å². The normalized spacial score (nSPS) is 18.9. The van der Waals surface area contributed by atoms with Gasteiger partial charge in [0.1, 0.15) is 5.78 Å². The summed E-state index contributed by atoms with van der Waals surface area (Å²) in [6.07, 6.45) is 11.9. The van der Waals surface area contributed by atoms with Crippen molar-refractivity contribution in [3.8, 4) is 0 Å². The maximum Gasteiger partial charge on any atom is 0.305 e. The fraction of sp³-hybridized carbons (Fsp3) is 0.771. The largest absolute Gasteiger partial charge is 0.481 e. The lowest BCUT2D eigenvalue weighted by Crippen LogP contribution is -2.59. The minimum absolute atomic E-state index is 0.0246. The zero-order chi connectivity index (χ0) is 44.7. The number of hydrogen-bond donors (Lipinski definition) is 1. The third-order valence-corrected chi connectivity index (χ3v) is 28.1. The number of carbonyl (C=O) groups excluding carboxylic acids is 1. The maximum atomic E-state index is 15.2. The van der Waals surface area contributed by atoms with Gasteiger partial charge in [-0.15, -0.1) is 0 Å². The number of Topliss-reactive ketones (excluding diaryl/α,β-unsaturated/α-hetero) is 1. The Morgan fingerprint density at radius 2 is 1.40 bits per heavy atom. The Morgan fingerprint density at radius 1 is 0.862 bits per heavy atom. The summed E-state index contributed by atoms with van der Waals surface area (Å²) in [4.78, 5) is 32.2. The average Bonchev–Trinajstić information content (AvgIpc) is 3.04. The summed E-state index contributed by atoms with van der Waals surface area (Å²) >= 11 is 0. The SMILES string of the molecule is CCC(C(=O)C1([C@H](CC(=O)O)O[Si](C)(C)C(C)(C)C)CCC1)[C@@H](O[Si](C)(C)C(C)(C)C)[C@@H](C)CCC/C(C)=C/C[C@H](O[Si](C)(C)C(C)(C)C)/C(C)=C/c1ccccn1. The molecule has 0 aromatic carbocycles. The standard InChI is InChI=1S/C48H87NO6Si3/c1-20-39(44(52)48(30-24-31-48)41(34-42(50)51)54-57(16,17)46(8,9)10)43(55-58(18,19)47(11,12)13)36(3)26-23-25-35(2)28-29-40(53-56(14,15)45(5,6)7)37(4)33-38-27-21-22-32-49-38/h21-22,27-28,32-33,36,39-41,43H,20,23-26,29-31,34H2,1-19H3,(H,50,51)/b35-28+,37-33+/t36-,39?,40-,41-,43-/m0/s1.